The molecule has 0 fully saturated rings. The number of aliphatic carboxylic acids is 2. The van der Waals surface area contributed by atoms with Crippen LogP contribution >= 0.6 is 0 Å². The van der Waals surface area contributed by atoms with Gasteiger partial charge in [-0.05, 0) is 0 Å². The fourth-order valence-corrected chi connectivity index (χ4v) is 0.999. The van der Waals surface area contributed by atoms with E-state index >= 15 is 0 Å². The molecule has 0 radical (unpaired) electrons. The van der Waals surface area contributed by atoms with Gasteiger partial charge in [0.2, 0.25) is 5.60 Å². The van der Waals surface area contributed by atoms with Crippen molar-refractivity contribution in [2.45, 2.75) is 18.4 Å². The van der Waals surface area contributed by atoms with Gasteiger partial charge < -0.3 is 20.7 Å². The highest BCUT2D eigenvalue weighted by molar-refractivity contribution is 5.92. The normalized spacial score (nSPS) is 13.4. The molecule has 0 rings (SSSR count). The number of carbonyl (C=O) groups is 4. The van der Waals surface area contributed by atoms with Crippen LogP contribution in [0.2, 0.25) is 0 Å². The lowest BCUT2D eigenvalue weighted by atomic mass is 9.96. The molecule has 0 heterocycles. The first kappa shape index (κ1) is 16.0. The molecule has 10 heteroatoms. The first-order valence-electron chi connectivity index (χ1n) is 4.48. The van der Waals surface area contributed by atoms with Gasteiger partial charge >= 0.3 is 23.9 Å². The molecule has 5 N–H and O–H groups in total. The zero-order valence-corrected chi connectivity index (χ0v) is 8.99. The lowest BCUT2D eigenvalue weighted by molar-refractivity contribution is -0.318. The van der Waals surface area contributed by atoms with Crippen molar-refractivity contribution in [2.24, 2.45) is 5.73 Å². The maximum Gasteiger partial charge on any atom is 0.340 e. The Morgan fingerprint density at radius 3 is 1.94 bits per heavy atom. The predicted octanol–water partition coefficient (Wildman–Crippen LogP) is -1.81. The number of carboxylic acids is 2. The molecule has 0 bridgehead atoms. The summed E-state index contributed by atoms with van der Waals surface area (Å²) in [7, 11) is 0. The minimum absolute atomic E-state index is 0.620. The summed E-state index contributed by atoms with van der Waals surface area (Å²) in [5, 5.41) is 25.7. The summed E-state index contributed by atoms with van der Waals surface area (Å²) in [5.41, 5.74) is 2.11. The average molecular weight is 265 g/mol. The Morgan fingerprint density at radius 2 is 1.61 bits per heavy atom. The van der Waals surface area contributed by atoms with Gasteiger partial charge in [0, 0.05) is 0 Å². The maximum absolute atomic E-state index is 11.1. The van der Waals surface area contributed by atoms with Crippen LogP contribution in [-0.2, 0) is 28.8 Å². The van der Waals surface area contributed by atoms with Gasteiger partial charge in [0.15, 0.2) is 0 Å². The van der Waals surface area contributed by atoms with E-state index in [2.05, 4.69) is 9.62 Å². The predicted molar refractivity (Wildman–Crippen MR) is 51.1 cm³/mol. The van der Waals surface area contributed by atoms with Crippen LogP contribution < -0.4 is 5.73 Å². The summed E-state index contributed by atoms with van der Waals surface area (Å²) in [6.45, 7) is -0.620. The highest BCUT2D eigenvalue weighted by Gasteiger charge is 2.46. The van der Waals surface area contributed by atoms with E-state index in [1.54, 1.807) is 0 Å². The van der Waals surface area contributed by atoms with E-state index in [0.29, 0.717) is 0 Å². The van der Waals surface area contributed by atoms with Gasteiger partial charge in [-0.1, -0.05) is 0 Å². The number of ether oxygens (including phenoxy) is 1. The lowest BCUT2D eigenvalue weighted by Crippen LogP contribution is -2.45. The van der Waals surface area contributed by atoms with Crippen LogP contribution in [0.15, 0.2) is 0 Å². The van der Waals surface area contributed by atoms with Crippen LogP contribution in [0, 0.1) is 0 Å². The van der Waals surface area contributed by atoms with Gasteiger partial charge in [-0.2, -0.15) is 0 Å². The third kappa shape index (κ3) is 4.45. The molecule has 18 heavy (non-hydrogen) atoms. The smallest absolute Gasteiger partial charge is 0.340 e. The minimum atomic E-state index is -2.72. The quantitative estimate of drug-likeness (QED) is 0.178. The summed E-state index contributed by atoms with van der Waals surface area (Å²) in [6.07, 6.45) is -2.37. The standard InChI is InChI=1S/C8H11NO9/c9-3-6(13)17-5(12)2-8(18-16,7(14)15)1-4(10)11/h16H,1-3,9H2,(H,10,11)(H,14,15). The summed E-state index contributed by atoms with van der Waals surface area (Å²) >= 11 is 0. The lowest BCUT2D eigenvalue weighted by Gasteiger charge is -2.22. The number of hydrogen-bond donors (Lipinski definition) is 4. The first-order valence-corrected chi connectivity index (χ1v) is 4.48. The SMILES string of the molecule is NCC(=O)OC(=O)CC(CC(=O)O)(OO)C(=O)O. The van der Waals surface area contributed by atoms with E-state index in [9.17, 15) is 19.2 Å². The molecule has 1 unspecified atom stereocenters. The Labute approximate surface area is 99.8 Å². The Hall–Kier alpha value is -2.04. The van der Waals surface area contributed by atoms with Crippen LogP contribution in [0.1, 0.15) is 12.8 Å². The van der Waals surface area contributed by atoms with E-state index in [4.69, 9.17) is 21.2 Å². The molecule has 0 saturated heterocycles. The van der Waals surface area contributed by atoms with Crippen molar-refractivity contribution in [1.82, 2.24) is 0 Å². The zero-order chi connectivity index (χ0) is 14.3. The van der Waals surface area contributed by atoms with E-state index in [1.807, 2.05) is 0 Å². The summed E-state index contributed by atoms with van der Waals surface area (Å²) in [5.74, 6) is -6.05. The van der Waals surface area contributed by atoms with E-state index in [1.165, 1.54) is 0 Å². The second kappa shape index (κ2) is 6.64. The number of carboxylic acid groups (broad SMARTS) is 2. The molecule has 0 aliphatic heterocycles. The molecular formula is C8H11NO9. The van der Waals surface area contributed by atoms with Crippen LogP contribution in [0.5, 0.6) is 0 Å². The maximum atomic E-state index is 11.1. The van der Waals surface area contributed by atoms with E-state index in [0.717, 1.165) is 0 Å². The van der Waals surface area contributed by atoms with E-state index in [-0.39, 0.29) is 0 Å². The number of esters is 2. The number of rotatable bonds is 7. The molecule has 0 saturated carbocycles. The van der Waals surface area contributed by atoms with Gasteiger partial charge in [-0.15, -0.1) is 0 Å². The first-order chi connectivity index (χ1) is 8.27. The number of hydrogen-bond acceptors (Lipinski definition) is 8. The Bertz CT molecular complexity index is 366. The van der Waals surface area contributed by atoms with Gasteiger partial charge in [-0.3, -0.25) is 19.6 Å². The summed E-state index contributed by atoms with van der Waals surface area (Å²) < 4.78 is 4.04. The van der Waals surface area contributed by atoms with Crippen molar-refractivity contribution in [3.8, 4) is 0 Å². The van der Waals surface area contributed by atoms with Crippen LogP contribution in [-0.4, -0.2) is 51.5 Å². The highest BCUT2D eigenvalue weighted by atomic mass is 17.1. The largest absolute Gasteiger partial charge is 0.481 e. The topological polar surface area (TPSA) is 173 Å². The van der Waals surface area contributed by atoms with Crippen molar-refractivity contribution < 1.29 is 44.3 Å². The van der Waals surface area contributed by atoms with Crippen molar-refractivity contribution in [3.05, 3.63) is 0 Å². The Balaban J connectivity index is 4.89. The monoisotopic (exact) mass is 265 g/mol. The second-order valence-corrected chi connectivity index (χ2v) is 3.19. The van der Waals surface area contributed by atoms with Gasteiger partial charge in [0.1, 0.15) is 0 Å². The van der Waals surface area contributed by atoms with Gasteiger partial charge in [0.25, 0.3) is 0 Å². The summed E-state index contributed by atoms with van der Waals surface area (Å²) in [4.78, 5) is 46.6. The van der Waals surface area contributed by atoms with Crippen LogP contribution in [0.4, 0.5) is 0 Å². The molecule has 0 aliphatic rings. The Morgan fingerprint density at radius 1 is 1.06 bits per heavy atom. The average Bonchev–Trinajstić information content (AvgIpc) is 2.26. The molecule has 0 amide bonds. The number of nitrogens with two attached hydrogens (primary N) is 1. The molecule has 10 nitrogen and oxygen atoms in total. The van der Waals surface area contributed by atoms with Crippen molar-refractivity contribution in [1.29, 1.82) is 0 Å². The van der Waals surface area contributed by atoms with Crippen molar-refractivity contribution >= 4 is 23.9 Å². The molecule has 0 spiro atoms. The molecular weight excluding hydrogens is 254 g/mol. The highest BCUT2D eigenvalue weighted by Crippen LogP contribution is 2.21. The third-order valence-electron chi connectivity index (χ3n) is 1.83. The van der Waals surface area contributed by atoms with Gasteiger partial charge in [0.05, 0.1) is 19.4 Å². The Kier molecular flexibility index (Phi) is 5.88. The van der Waals surface area contributed by atoms with Crippen molar-refractivity contribution in [2.75, 3.05) is 6.54 Å². The van der Waals surface area contributed by atoms with Crippen molar-refractivity contribution in [3.63, 3.8) is 0 Å². The molecule has 0 aromatic carbocycles. The second-order valence-electron chi connectivity index (χ2n) is 3.19. The zero-order valence-electron chi connectivity index (χ0n) is 8.99. The fourth-order valence-electron chi connectivity index (χ4n) is 0.999. The van der Waals surface area contributed by atoms with Crippen LogP contribution in [0.25, 0.3) is 0 Å². The molecule has 102 valence electrons. The minimum Gasteiger partial charge on any atom is -0.481 e. The molecule has 1 atom stereocenters. The molecule has 0 aliphatic carbocycles. The molecule has 0 aromatic heterocycles. The van der Waals surface area contributed by atoms with Gasteiger partial charge in [-0.25, -0.2) is 9.68 Å². The molecule has 0 aromatic rings. The summed E-state index contributed by atoms with van der Waals surface area (Å²) in [6, 6.07) is 0. The van der Waals surface area contributed by atoms with Crippen LogP contribution in [0.3, 0.4) is 0 Å². The number of carbonyl (C=O) groups excluding carboxylic acids is 2. The third-order valence-corrected chi connectivity index (χ3v) is 1.83. The fraction of sp³-hybridized carbons (Fsp3) is 0.500. The van der Waals surface area contributed by atoms with E-state index < -0.39 is 48.9 Å².